The summed E-state index contributed by atoms with van der Waals surface area (Å²) in [5.41, 5.74) is 0.986. The average Bonchev–Trinajstić information content (AvgIpc) is 2.81. The zero-order valence-electron chi connectivity index (χ0n) is 7.20. The zero-order chi connectivity index (χ0) is 8.65. The molecule has 0 spiro atoms. The monoisotopic (exact) mass is 216 g/mol. The largest absolute Gasteiger partial charge is 0.392 e. The third kappa shape index (κ3) is 5.64. The van der Waals surface area contributed by atoms with Gasteiger partial charge in [0, 0.05) is 29.9 Å². The van der Waals surface area contributed by atoms with E-state index in [0.29, 0.717) is 0 Å². The molecule has 0 bridgehead atoms. The van der Waals surface area contributed by atoms with Crippen LogP contribution in [0.1, 0.15) is 0 Å². The van der Waals surface area contributed by atoms with Crippen LogP contribution in [0.25, 0.3) is 0 Å². The second-order valence-electron chi connectivity index (χ2n) is 2.41. The summed E-state index contributed by atoms with van der Waals surface area (Å²) in [4.78, 5) is 0. The van der Waals surface area contributed by atoms with E-state index >= 15 is 0 Å². The molecule has 0 atom stereocenters. The number of allylic oxidation sites excluding steroid dienone is 7. The molecule has 70 valence electrons. The Morgan fingerprint density at radius 1 is 0.923 bits per heavy atom. The number of rotatable bonds is 1. The van der Waals surface area contributed by atoms with Crippen LogP contribution in [0.5, 0.6) is 0 Å². The molecular formula is C11H12FeO. The maximum atomic E-state index is 8.43. The average molecular weight is 216 g/mol. The maximum Gasteiger partial charge on any atom is 0.0650 e. The van der Waals surface area contributed by atoms with E-state index in [1.807, 2.05) is 55.4 Å². The van der Waals surface area contributed by atoms with Gasteiger partial charge in [0.1, 0.15) is 0 Å². The molecule has 13 heavy (non-hydrogen) atoms. The zero-order valence-corrected chi connectivity index (χ0v) is 8.31. The van der Waals surface area contributed by atoms with Crippen LogP contribution in [-0.4, -0.2) is 11.7 Å². The van der Waals surface area contributed by atoms with Gasteiger partial charge in [-0.25, -0.2) is 0 Å². The molecule has 0 aromatic carbocycles. The molecule has 2 rings (SSSR count). The Morgan fingerprint density at radius 3 is 1.85 bits per heavy atom. The second kappa shape index (κ2) is 8.06. The van der Waals surface area contributed by atoms with E-state index in [1.54, 1.807) is 0 Å². The first-order valence-electron chi connectivity index (χ1n) is 3.91. The first-order chi connectivity index (χ1) is 5.93. The van der Waals surface area contributed by atoms with Crippen LogP contribution in [0.15, 0.2) is 48.1 Å². The Hall–Kier alpha value is -0.561. The number of hydrogen-bond acceptors (Lipinski definition) is 1. The van der Waals surface area contributed by atoms with Gasteiger partial charge in [0.15, 0.2) is 0 Å². The normalized spacial score (nSPS) is 16.2. The predicted octanol–water partition coefficient (Wildman–Crippen LogP) is 1.99. The molecule has 1 N–H and O–H groups in total. The van der Waals surface area contributed by atoms with E-state index in [0.717, 1.165) is 5.57 Å². The molecule has 2 radical (unpaired) electrons. The van der Waals surface area contributed by atoms with Gasteiger partial charge in [-0.15, -0.1) is 0 Å². The SMILES string of the molecule is OCC1=CC=C[CH]1.[CH]1C=CC=C1.[Fe]. The second-order valence-corrected chi connectivity index (χ2v) is 2.41. The van der Waals surface area contributed by atoms with E-state index in [-0.39, 0.29) is 23.7 Å². The van der Waals surface area contributed by atoms with Crippen molar-refractivity contribution in [2.75, 3.05) is 6.61 Å². The molecule has 0 heterocycles. The fourth-order valence-corrected chi connectivity index (χ4v) is 0.840. The van der Waals surface area contributed by atoms with Crippen molar-refractivity contribution in [1.29, 1.82) is 0 Å². The van der Waals surface area contributed by atoms with Crippen molar-refractivity contribution in [3.8, 4) is 0 Å². The molecule has 2 aliphatic carbocycles. The van der Waals surface area contributed by atoms with Gasteiger partial charge >= 0.3 is 0 Å². The standard InChI is InChI=1S/C6H7O.C5H5.Fe/c7-5-6-3-1-2-4-6;1-2-4-5-3-1;/h1-4,7H,5H2;1-5H;. The van der Waals surface area contributed by atoms with Gasteiger partial charge in [-0.3, -0.25) is 0 Å². The van der Waals surface area contributed by atoms with Crippen molar-refractivity contribution in [2.45, 2.75) is 0 Å². The van der Waals surface area contributed by atoms with Crippen molar-refractivity contribution in [3.05, 3.63) is 60.9 Å². The van der Waals surface area contributed by atoms with Gasteiger partial charge in [0.25, 0.3) is 0 Å². The van der Waals surface area contributed by atoms with E-state index in [1.165, 1.54) is 0 Å². The van der Waals surface area contributed by atoms with E-state index in [9.17, 15) is 0 Å². The molecule has 0 aromatic rings. The molecular weight excluding hydrogens is 204 g/mol. The van der Waals surface area contributed by atoms with Crippen molar-refractivity contribution in [1.82, 2.24) is 0 Å². The van der Waals surface area contributed by atoms with Crippen LogP contribution >= 0.6 is 0 Å². The molecule has 0 unspecified atom stereocenters. The molecule has 0 aliphatic heterocycles. The van der Waals surface area contributed by atoms with Gasteiger partial charge in [0.05, 0.1) is 6.61 Å². The summed E-state index contributed by atoms with van der Waals surface area (Å²) < 4.78 is 0. The Morgan fingerprint density at radius 2 is 1.62 bits per heavy atom. The van der Waals surface area contributed by atoms with Gasteiger partial charge in [-0.05, 0) is 5.57 Å². The van der Waals surface area contributed by atoms with Crippen molar-refractivity contribution in [3.63, 3.8) is 0 Å². The smallest absolute Gasteiger partial charge is 0.0650 e. The maximum absolute atomic E-state index is 8.43. The van der Waals surface area contributed by atoms with Crippen LogP contribution in [0, 0.1) is 12.8 Å². The summed E-state index contributed by atoms with van der Waals surface area (Å²) in [5.74, 6) is 0. The Bertz CT molecular complexity index is 226. The third-order valence-electron chi connectivity index (χ3n) is 1.47. The fourth-order valence-electron chi connectivity index (χ4n) is 0.840. The van der Waals surface area contributed by atoms with Gasteiger partial charge in [0.2, 0.25) is 0 Å². The minimum Gasteiger partial charge on any atom is -0.392 e. The summed E-state index contributed by atoms with van der Waals surface area (Å²) in [6.45, 7) is 0.160. The summed E-state index contributed by atoms with van der Waals surface area (Å²) >= 11 is 0. The molecule has 0 saturated carbocycles. The predicted molar refractivity (Wildman–Crippen MR) is 51.2 cm³/mol. The Labute approximate surface area is 90.0 Å². The van der Waals surface area contributed by atoms with Crippen LogP contribution < -0.4 is 0 Å². The fraction of sp³-hybridized carbons (Fsp3) is 0.0909. The molecule has 2 heteroatoms. The third-order valence-corrected chi connectivity index (χ3v) is 1.47. The number of hydrogen-bond donors (Lipinski definition) is 1. The van der Waals surface area contributed by atoms with Gasteiger partial charge in [-0.1, -0.05) is 42.5 Å². The van der Waals surface area contributed by atoms with E-state index < -0.39 is 0 Å². The molecule has 0 saturated heterocycles. The first kappa shape index (κ1) is 12.4. The Balaban J connectivity index is 0.000000215. The number of aliphatic hydroxyl groups excluding tert-OH is 1. The quantitative estimate of drug-likeness (QED) is 0.664. The molecule has 1 nitrogen and oxygen atoms in total. The molecule has 0 amide bonds. The van der Waals surface area contributed by atoms with Crippen LogP contribution in [-0.2, 0) is 17.1 Å². The van der Waals surface area contributed by atoms with Crippen molar-refractivity contribution < 1.29 is 22.2 Å². The minimum atomic E-state index is 0. The van der Waals surface area contributed by atoms with Crippen LogP contribution in [0.4, 0.5) is 0 Å². The van der Waals surface area contributed by atoms with Crippen molar-refractivity contribution in [2.24, 2.45) is 0 Å². The van der Waals surface area contributed by atoms with Crippen LogP contribution in [0.2, 0.25) is 0 Å². The Kier molecular flexibility index (Phi) is 7.71. The summed E-state index contributed by atoms with van der Waals surface area (Å²) in [6.07, 6.45) is 17.6. The molecule has 2 aliphatic rings. The van der Waals surface area contributed by atoms with Gasteiger partial charge < -0.3 is 5.11 Å². The van der Waals surface area contributed by atoms with Crippen LogP contribution in [0.3, 0.4) is 0 Å². The number of aliphatic hydroxyl groups is 1. The van der Waals surface area contributed by atoms with Crippen molar-refractivity contribution >= 4 is 0 Å². The van der Waals surface area contributed by atoms with Gasteiger partial charge in [-0.2, -0.15) is 0 Å². The molecule has 0 fully saturated rings. The van der Waals surface area contributed by atoms with E-state index in [4.69, 9.17) is 5.11 Å². The molecule has 0 aromatic heterocycles. The first-order valence-corrected chi connectivity index (χ1v) is 3.91. The summed E-state index contributed by atoms with van der Waals surface area (Å²) in [6, 6.07) is 0. The minimum absolute atomic E-state index is 0. The summed E-state index contributed by atoms with van der Waals surface area (Å²) in [5, 5.41) is 8.43. The van der Waals surface area contributed by atoms with E-state index in [2.05, 4.69) is 0 Å². The topological polar surface area (TPSA) is 20.2 Å². The summed E-state index contributed by atoms with van der Waals surface area (Å²) in [7, 11) is 0.